The number of hydrogen-bond donors (Lipinski definition) is 2. The van der Waals surface area contributed by atoms with Crippen molar-refractivity contribution >= 4 is 17.2 Å². The minimum absolute atomic E-state index is 0.0637. The van der Waals surface area contributed by atoms with Gasteiger partial charge in [0.05, 0.1) is 0 Å². The highest BCUT2D eigenvalue weighted by Gasteiger charge is 2.45. The lowest BCUT2D eigenvalue weighted by molar-refractivity contribution is 0.238. The van der Waals surface area contributed by atoms with Crippen molar-refractivity contribution in [1.29, 1.82) is 0 Å². The van der Waals surface area contributed by atoms with E-state index in [2.05, 4.69) is 85.7 Å². The van der Waals surface area contributed by atoms with E-state index in [0.29, 0.717) is 22.4 Å². The van der Waals surface area contributed by atoms with Crippen LogP contribution in [0.5, 0.6) is 0 Å². The summed E-state index contributed by atoms with van der Waals surface area (Å²) in [5, 5.41) is 8.63. The molecular weight excluding hydrogens is 402 g/mol. The van der Waals surface area contributed by atoms with Crippen LogP contribution in [0, 0.1) is 0 Å². The van der Waals surface area contributed by atoms with Crippen LogP contribution in [0.4, 0.5) is 0 Å². The second kappa shape index (κ2) is 9.87. The molecule has 0 amide bonds. The average molecular weight is 449 g/mol. The number of benzene rings is 1. The number of nitrogens with one attached hydrogen (secondary N) is 2. The Kier molecular flexibility index (Phi) is 8.10. The molecule has 2 aliphatic rings. The minimum Gasteiger partial charge on any atom is -0.313 e. The van der Waals surface area contributed by atoms with Crippen LogP contribution in [0.3, 0.4) is 0 Å². The first-order valence-electron chi connectivity index (χ1n) is 12.2. The predicted molar refractivity (Wildman–Crippen MR) is 139 cm³/mol. The van der Waals surface area contributed by atoms with Crippen molar-refractivity contribution in [2.45, 2.75) is 114 Å². The molecule has 2 N–H and O–H groups in total. The van der Waals surface area contributed by atoms with Crippen LogP contribution < -0.4 is 10.6 Å². The Hall–Kier alpha value is -0.0000000000000000416. The molecular formula is C26H46N2P2. The maximum absolute atomic E-state index is 3.94. The lowest BCUT2D eigenvalue weighted by atomic mass is 9.76. The van der Waals surface area contributed by atoms with Gasteiger partial charge in [0, 0.05) is 17.2 Å². The number of piperidine rings is 2. The largest absolute Gasteiger partial charge is 0.313 e. The summed E-state index contributed by atoms with van der Waals surface area (Å²) in [4.78, 5) is 0. The van der Waals surface area contributed by atoms with Crippen LogP contribution in [0.2, 0.25) is 0 Å². The highest BCUT2D eigenvalue weighted by Crippen LogP contribution is 2.62. The average Bonchev–Trinajstić information content (AvgIpc) is 2.71. The summed E-state index contributed by atoms with van der Waals surface area (Å²) in [6.45, 7) is 17.0. The Morgan fingerprint density at radius 2 is 1.33 bits per heavy atom. The summed E-state index contributed by atoms with van der Waals surface area (Å²) in [6.07, 6.45) is 9.10. The van der Waals surface area contributed by atoms with Crippen molar-refractivity contribution in [2.75, 3.05) is 13.1 Å². The summed E-state index contributed by atoms with van der Waals surface area (Å²) >= 11 is 0. The van der Waals surface area contributed by atoms with Gasteiger partial charge in [-0.3, -0.25) is 0 Å². The molecule has 2 nitrogen and oxygen atoms in total. The molecule has 0 radical (unpaired) electrons. The normalized spacial score (nSPS) is 25.9. The van der Waals surface area contributed by atoms with Gasteiger partial charge in [0.1, 0.15) is 0 Å². The zero-order valence-electron chi connectivity index (χ0n) is 20.4. The third-order valence-corrected chi connectivity index (χ3v) is 12.2. The SMILES string of the molecule is CC(C)(C)P(Cc1ccccc1C(P)(C1CCCCN1)C1CCCCN1)C(C)(C)C. The van der Waals surface area contributed by atoms with E-state index >= 15 is 0 Å². The van der Waals surface area contributed by atoms with Crippen molar-refractivity contribution in [3.05, 3.63) is 35.4 Å². The van der Waals surface area contributed by atoms with Crippen molar-refractivity contribution in [2.24, 2.45) is 0 Å². The lowest BCUT2D eigenvalue weighted by Gasteiger charge is -2.49. The molecule has 2 aliphatic heterocycles. The highest BCUT2D eigenvalue weighted by atomic mass is 31.1. The van der Waals surface area contributed by atoms with E-state index in [1.807, 2.05) is 0 Å². The van der Waals surface area contributed by atoms with Gasteiger partial charge in [-0.2, -0.15) is 0 Å². The van der Waals surface area contributed by atoms with Gasteiger partial charge in [-0.15, -0.1) is 9.24 Å². The highest BCUT2D eigenvalue weighted by molar-refractivity contribution is 7.60. The molecule has 3 rings (SSSR count). The van der Waals surface area contributed by atoms with Gasteiger partial charge >= 0.3 is 0 Å². The molecule has 0 bridgehead atoms. The molecule has 4 heteroatoms. The van der Waals surface area contributed by atoms with Crippen LogP contribution in [-0.2, 0) is 11.3 Å². The van der Waals surface area contributed by atoms with E-state index in [-0.39, 0.29) is 13.1 Å². The number of hydrogen-bond acceptors (Lipinski definition) is 2. The zero-order chi connectivity index (χ0) is 22.0. The third-order valence-electron chi connectivity index (χ3n) is 7.21. The first-order chi connectivity index (χ1) is 14.0. The summed E-state index contributed by atoms with van der Waals surface area (Å²) < 4.78 is 0. The molecule has 3 unspecified atom stereocenters. The Bertz CT molecular complexity index is 645. The molecule has 0 spiro atoms. The Balaban J connectivity index is 2.04. The molecule has 0 aliphatic carbocycles. The van der Waals surface area contributed by atoms with Crippen LogP contribution >= 0.6 is 17.2 Å². The molecule has 2 heterocycles. The van der Waals surface area contributed by atoms with Crippen molar-refractivity contribution in [3.63, 3.8) is 0 Å². The van der Waals surface area contributed by atoms with Gasteiger partial charge < -0.3 is 10.6 Å². The van der Waals surface area contributed by atoms with Gasteiger partial charge in [0.15, 0.2) is 0 Å². The molecule has 30 heavy (non-hydrogen) atoms. The maximum atomic E-state index is 3.94. The Labute approximate surface area is 190 Å². The summed E-state index contributed by atoms with van der Waals surface area (Å²) in [6, 6.07) is 10.5. The molecule has 3 atom stereocenters. The quantitative estimate of drug-likeness (QED) is 0.495. The van der Waals surface area contributed by atoms with E-state index in [0.717, 1.165) is 13.1 Å². The standard InChI is InChI=1S/C26H46N2P2/c1-24(2,3)30(25(4,5)6)19-20-13-7-8-14-21(20)26(29,22-15-9-11-17-27-22)23-16-10-12-18-28-23/h7-8,13-14,22-23,27-28H,9-12,15-19,29H2,1-6H3. The Morgan fingerprint density at radius 1 is 0.833 bits per heavy atom. The minimum atomic E-state index is -0.167. The monoisotopic (exact) mass is 448 g/mol. The van der Waals surface area contributed by atoms with Gasteiger partial charge in [-0.05, 0) is 66.4 Å². The first-order valence-corrected chi connectivity index (χ1v) is 14.3. The topological polar surface area (TPSA) is 24.1 Å². The van der Waals surface area contributed by atoms with Gasteiger partial charge in [-0.25, -0.2) is 0 Å². The molecule has 2 fully saturated rings. The lowest BCUT2D eigenvalue weighted by Crippen LogP contribution is -2.58. The van der Waals surface area contributed by atoms with Gasteiger partial charge in [-0.1, -0.05) is 86.6 Å². The molecule has 1 aromatic rings. The maximum Gasteiger partial charge on any atom is 0.0405 e. The van der Waals surface area contributed by atoms with Gasteiger partial charge in [0.2, 0.25) is 0 Å². The zero-order valence-corrected chi connectivity index (χ0v) is 22.4. The smallest absolute Gasteiger partial charge is 0.0405 e. The van der Waals surface area contributed by atoms with E-state index < -0.39 is 0 Å². The van der Waals surface area contributed by atoms with E-state index in [4.69, 9.17) is 0 Å². The van der Waals surface area contributed by atoms with Crippen LogP contribution in [0.1, 0.15) is 91.2 Å². The molecule has 1 aromatic carbocycles. The summed E-state index contributed by atoms with van der Waals surface area (Å²) in [5.41, 5.74) is 3.16. The second-order valence-corrected chi connectivity index (χ2v) is 16.3. The fourth-order valence-electron chi connectivity index (χ4n) is 5.87. The van der Waals surface area contributed by atoms with Crippen molar-refractivity contribution in [3.8, 4) is 0 Å². The van der Waals surface area contributed by atoms with Crippen molar-refractivity contribution < 1.29 is 0 Å². The molecule has 0 saturated carbocycles. The van der Waals surface area contributed by atoms with Crippen LogP contribution in [-0.4, -0.2) is 35.5 Å². The molecule has 170 valence electrons. The molecule has 0 aromatic heterocycles. The summed E-state index contributed by atoms with van der Waals surface area (Å²) in [7, 11) is 3.24. The van der Waals surface area contributed by atoms with E-state index in [9.17, 15) is 0 Å². The Morgan fingerprint density at radius 3 is 1.77 bits per heavy atom. The van der Waals surface area contributed by atoms with E-state index in [1.165, 1.54) is 44.7 Å². The third kappa shape index (κ3) is 5.49. The van der Waals surface area contributed by atoms with Crippen LogP contribution in [0.25, 0.3) is 0 Å². The predicted octanol–water partition coefficient (Wildman–Crippen LogP) is 6.62. The fourth-order valence-corrected chi connectivity index (χ4v) is 10.3. The molecule has 2 saturated heterocycles. The first kappa shape index (κ1) is 24.6. The fraction of sp³-hybridized carbons (Fsp3) is 0.769. The van der Waals surface area contributed by atoms with Crippen LogP contribution in [0.15, 0.2) is 24.3 Å². The van der Waals surface area contributed by atoms with Gasteiger partial charge in [0.25, 0.3) is 0 Å². The second-order valence-electron chi connectivity index (χ2n) is 11.5. The number of rotatable bonds is 5. The van der Waals surface area contributed by atoms with Crippen molar-refractivity contribution in [1.82, 2.24) is 10.6 Å². The summed E-state index contributed by atoms with van der Waals surface area (Å²) in [5.74, 6) is 0. The van der Waals surface area contributed by atoms with E-state index in [1.54, 1.807) is 11.1 Å².